The van der Waals surface area contributed by atoms with E-state index in [1.807, 2.05) is 11.9 Å². The molecule has 1 aliphatic heterocycles. The summed E-state index contributed by atoms with van der Waals surface area (Å²) in [7, 11) is 3.99. The molecule has 2 heterocycles. The number of nitrogens with two attached hydrogens (primary N) is 1. The number of hydrogen-bond acceptors (Lipinski definition) is 6. The fourth-order valence-electron chi connectivity index (χ4n) is 2.45. The predicted molar refractivity (Wildman–Crippen MR) is 74.2 cm³/mol. The van der Waals surface area contributed by atoms with Gasteiger partial charge in [-0.3, -0.25) is 10.1 Å². The van der Waals surface area contributed by atoms with E-state index in [0.29, 0.717) is 11.9 Å². The van der Waals surface area contributed by atoms with Crippen LogP contribution in [0, 0.1) is 10.1 Å². The molecule has 2 N–H and O–H groups in total. The molecule has 1 fully saturated rings. The van der Waals surface area contributed by atoms with Crippen LogP contribution in [0.4, 0.5) is 17.3 Å². The van der Waals surface area contributed by atoms with Crippen LogP contribution in [0.2, 0.25) is 0 Å². The van der Waals surface area contributed by atoms with Crippen molar-refractivity contribution in [3.05, 3.63) is 22.2 Å². The fraction of sp³-hybridized carbons (Fsp3) is 0.583. The second kappa shape index (κ2) is 5.40. The maximum Gasteiger partial charge on any atom is 0.276 e. The molecule has 1 aromatic rings. The van der Waals surface area contributed by atoms with Crippen LogP contribution in [0.3, 0.4) is 0 Å². The molecule has 104 valence electrons. The maximum atomic E-state index is 10.9. The van der Waals surface area contributed by atoms with Gasteiger partial charge < -0.3 is 15.5 Å². The first-order valence-corrected chi connectivity index (χ1v) is 6.30. The second-order valence-electron chi connectivity index (χ2n) is 5.03. The standard InChI is InChI=1S/C12H19N5O2/c1-15-5-3-4-9(8-15)16(2)12-7-10(17(18)19)6-11(13)14-12/h6-7,9H,3-5,8H2,1-2H3,(H2,13,14). The summed E-state index contributed by atoms with van der Waals surface area (Å²) in [5.74, 6) is 0.743. The van der Waals surface area contributed by atoms with Gasteiger partial charge in [-0.1, -0.05) is 0 Å². The van der Waals surface area contributed by atoms with Crippen LogP contribution in [-0.4, -0.2) is 48.0 Å². The highest BCUT2D eigenvalue weighted by molar-refractivity contribution is 5.54. The quantitative estimate of drug-likeness (QED) is 0.650. The lowest BCUT2D eigenvalue weighted by Gasteiger charge is -2.36. The Morgan fingerprint density at radius 2 is 2.32 bits per heavy atom. The number of hydrogen-bond donors (Lipinski definition) is 1. The minimum absolute atomic E-state index is 0.0153. The molecule has 19 heavy (non-hydrogen) atoms. The molecule has 0 saturated carbocycles. The highest BCUT2D eigenvalue weighted by atomic mass is 16.6. The molecule has 1 aliphatic rings. The number of aromatic nitrogens is 1. The van der Waals surface area contributed by atoms with Crippen molar-refractivity contribution < 1.29 is 4.92 Å². The van der Waals surface area contributed by atoms with Gasteiger partial charge in [0.25, 0.3) is 5.69 Å². The number of likely N-dealkylation sites (N-methyl/N-ethyl adjacent to an activating group) is 2. The Balaban J connectivity index is 2.22. The lowest BCUT2D eigenvalue weighted by atomic mass is 10.1. The number of nitrogens with zero attached hydrogens (tertiary/aromatic N) is 4. The minimum atomic E-state index is -0.442. The molecule has 0 amide bonds. The zero-order valence-corrected chi connectivity index (χ0v) is 11.2. The van der Waals surface area contributed by atoms with Crippen molar-refractivity contribution in [3.63, 3.8) is 0 Å². The molecule has 0 bridgehead atoms. The lowest BCUT2D eigenvalue weighted by molar-refractivity contribution is -0.384. The first-order chi connectivity index (χ1) is 8.97. The van der Waals surface area contributed by atoms with Crippen LogP contribution in [0.25, 0.3) is 0 Å². The van der Waals surface area contributed by atoms with E-state index in [4.69, 9.17) is 5.73 Å². The largest absolute Gasteiger partial charge is 0.383 e. The zero-order chi connectivity index (χ0) is 14.0. The Morgan fingerprint density at radius 1 is 1.58 bits per heavy atom. The monoisotopic (exact) mass is 265 g/mol. The number of nitro groups is 1. The van der Waals surface area contributed by atoms with Crippen molar-refractivity contribution in [3.8, 4) is 0 Å². The van der Waals surface area contributed by atoms with Crippen molar-refractivity contribution in [2.24, 2.45) is 0 Å². The van der Waals surface area contributed by atoms with Gasteiger partial charge in [0, 0.05) is 19.6 Å². The number of likely N-dealkylation sites (tertiary alicyclic amines) is 1. The average Bonchev–Trinajstić information content (AvgIpc) is 2.37. The Labute approximate surface area is 112 Å². The van der Waals surface area contributed by atoms with Gasteiger partial charge in [0.05, 0.1) is 17.1 Å². The molecular weight excluding hydrogens is 246 g/mol. The molecule has 0 aliphatic carbocycles. The van der Waals surface area contributed by atoms with Gasteiger partial charge in [0.15, 0.2) is 0 Å². The summed E-state index contributed by atoms with van der Waals surface area (Å²) in [5, 5.41) is 10.9. The molecular formula is C12H19N5O2. The van der Waals surface area contributed by atoms with Crippen LogP contribution in [0.5, 0.6) is 0 Å². The molecule has 1 atom stereocenters. The zero-order valence-electron chi connectivity index (χ0n) is 11.2. The number of pyridine rings is 1. The molecule has 1 saturated heterocycles. The van der Waals surface area contributed by atoms with Crippen molar-refractivity contribution in [1.29, 1.82) is 0 Å². The number of rotatable bonds is 3. The van der Waals surface area contributed by atoms with Crippen LogP contribution in [0.1, 0.15) is 12.8 Å². The minimum Gasteiger partial charge on any atom is -0.383 e. The summed E-state index contributed by atoms with van der Waals surface area (Å²) < 4.78 is 0. The SMILES string of the molecule is CN1CCCC(N(C)c2cc([N+](=O)[O-])cc(N)n2)C1. The van der Waals surface area contributed by atoms with E-state index in [-0.39, 0.29) is 11.5 Å². The summed E-state index contributed by atoms with van der Waals surface area (Å²) in [5.41, 5.74) is 5.62. The highest BCUT2D eigenvalue weighted by Crippen LogP contribution is 2.24. The molecule has 0 spiro atoms. The van der Waals surface area contributed by atoms with Crippen molar-refractivity contribution in [1.82, 2.24) is 9.88 Å². The summed E-state index contributed by atoms with van der Waals surface area (Å²) in [6, 6.07) is 3.07. The molecule has 2 rings (SSSR count). The van der Waals surface area contributed by atoms with Crippen LogP contribution < -0.4 is 10.6 Å². The van der Waals surface area contributed by atoms with Gasteiger partial charge in [-0.25, -0.2) is 4.98 Å². The first kappa shape index (κ1) is 13.5. The van der Waals surface area contributed by atoms with E-state index in [0.717, 1.165) is 25.9 Å². The van der Waals surface area contributed by atoms with Gasteiger partial charge in [0.1, 0.15) is 11.6 Å². The Morgan fingerprint density at radius 3 is 2.95 bits per heavy atom. The van der Waals surface area contributed by atoms with Gasteiger partial charge in [0.2, 0.25) is 0 Å². The van der Waals surface area contributed by atoms with E-state index < -0.39 is 4.92 Å². The van der Waals surface area contributed by atoms with Crippen LogP contribution in [-0.2, 0) is 0 Å². The Hall–Kier alpha value is -1.89. The molecule has 1 aromatic heterocycles. The van der Waals surface area contributed by atoms with E-state index in [2.05, 4.69) is 16.9 Å². The van der Waals surface area contributed by atoms with Crippen molar-refractivity contribution in [2.45, 2.75) is 18.9 Å². The van der Waals surface area contributed by atoms with E-state index in [1.54, 1.807) is 0 Å². The smallest absolute Gasteiger partial charge is 0.276 e. The number of piperidine rings is 1. The molecule has 0 radical (unpaired) electrons. The molecule has 7 heteroatoms. The molecule has 7 nitrogen and oxygen atoms in total. The van der Waals surface area contributed by atoms with Crippen LogP contribution in [0.15, 0.2) is 12.1 Å². The Kier molecular flexibility index (Phi) is 3.84. The number of nitrogen functional groups attached to an aromatic ring is 1. The maximum absolute atomic E-state index is 10.9. The number of anilines is 2. The van der Waals surface area contributed by atoms with E-state index in [9.17, 15) is 10.1 Å². The molecule has 1 unspecified atom stereocenters. The third-order valence-corrected chi connectivity index (χ3v) is 3.54. The van der Waals surface area contributed by atoms with Gasteiger partial charge in [-0.2, -0.15) is 0 Å². The average molecular weight is 265 g/mol. The Bertz CT molecular complexity index is 479. The van der Waals surface area contributed by atoms with E-state index in [1.165, 1.54) is 12.1 Å². The highest BCUT2D eigenvalue weighted by Gasteiger charge is 2.23. The van der Waals surface area contributed by atoms with Gasteiger partial charge >= 0.3 is 0 Å². The third-order valence-electron chi connectivity index (χ3n) is 3.54. The second-order valence-corrected chi connectivity index (χ2v) is 5.03. The predicted octanol–water partition coefficient (Wildman–Crippen LogP) is 1.10. The van der Waals surface area contributed by atoms with Crippen LogP contribution >= 0.6 is 0 Å². The summed E-state index contributed by atoms with van der Waals surface area (Å²) in [4.78, 5) is 18.8. The van der Waals surface area contributed by atoms with Gasteiger partial charge in [-0.15, -0.1) is 0 Å². The third kappa shape index (κ3) is 3.11. The summed E-state index contributed by atoms with van der Waals surface area (Å²) in [6.07, 6.45) is 2.18. The normalized spacial score (nSPS) is 20.2. The fourth-order valence-corrected chi connectivity index (χ4v) is 2.45. The first-order valence-electron chi connectivity index (χ1n) is 6.30. The van der Waals surface area contributed by atoms with Gasteiger partial charge in [-0.05, 0) is 26.4 Å². The topological polar surface area (TPSA) is 88.5 Å². The van der Waals surface area contributed by atoms with Crippen molar-refractivity contribution >= 4 is 17.3 Å². The molecule has 0 aromatic carbocycles. The van der Waals surface area contributed by atoms with E-state index >= 15 is 0 Å². The van der Waals surface area contributed by atoms with Crippen molar-refractivity contribution in [2.75, 3.05) is 37.8 Å². The summed E-state index contributed by atoms with van der Waals surface area (Å²) in [6.45, 7) is 2.02. The summed E-state index contributed by atoms with van der Waals surface area (Å²) >= 11 is 0. The lowest BCUT2D eigenvalue weighted by Crippen LogP contribution is -2.45.